The number of ketones is 1. The van der Waals surface area contributed by atoms with E-state index in [1.54, 1.807) is 10.8 Å². The van der Waals surface area contributed by atoms with E-state index in [2.05, 4.69) is 0 Å². The van der Waals surface area contributed by atoms with E-state index in [-0.39, 0.29) is 11.5 Å². The Kier molecular flexibility index (Phi) is 4.90. The van der Waals surface area contributed by atoms with E-state index < -0.39 is 5.97 Å². The third-order valence-electron chi connectivity index (χ3n) is 2.41. The first-order valence-corrected chi connectivity index (χ1v) is 5.58. The number of aromatic carboxylic acids is 1. The van der Waals surface area contributed by atoms with Gasteiger partial charge in [-0.25, -0.2) is 4.79 Å². The fourth-order valence-electron chi connectivity index (χ4n) is 1.55. The number of ether oxygens (including phenoxy) is 1. The normalized spacial score (nSPS) is 10.5. The first-order valence-electron chi connectivity index (χ1n) is 5.58. The van der Waals surface area contributed by atoms with Crippen LogP contribution in [-0.2, 0) is 11.3 Å². The summed E-state index contributed by atoms with van der Waals surface area (Å²) in [5.74, 6) is -1.15. The van der Waals surface area contributed by atoms with Crippen LogP contribution in [0.1, 0.15) is 41.1 Å². The van der Waals surface area contributed by atoms with Crippen molar-refractivity contribution in [2.24, 2.45) is 0 Å². The summed E-state index contributed by atoms with van der Waals surface area (Å²) in [6.45, 7) is 5.10. The van der Waals surface area contributed by atoms with Crippen LogP contribution >= 0.6 is 0 Å². The Morgan fingerprint density at radius 2 is 2.18 bits per heavy atom. The van der Waals surface area contributed by atoms with Crippen molar-refractivity contribution in [2.45, 2.75) is 26.8 Å². The molecular weight excluding hydrogens is 222 g/mol. The molecule has 1 N–H and O–H groups in total. The van der Waals surface area contributed by atoms with Crippen LogP contribution in [0.2, 0.25) is 0 Å². The van der Waals surface area contributed by atoms with Crippen molar-refractivity contribution in [1.82, 2.24) is 4.57 Å². The van der Waals surface area contributed by atoms with Gasteiger partial charge in [-0.3, -0.25) is 4.79 Å². The van der Waals surface area contributed by atoms with E-state index in [0.29, 0.717) is 25.3 Å². The smallest absolute Gasteiger partial charge is 0.352 e. The number of aromatic nitrogens is 1. The summed E-state index contributed by atoms with van der Waals surface area (Å²) in [5, 5.41) is 9.00. The number of carboxylic acids is 1. The van der Waals surface area contributed by atoms with Crippen LogP contribution in [0.4, 0.5) is 0 Å². The zero-order chi connectivity index (χ0) is 12.8. The first kappa shape index (κ1) is 13.4. The van der Waals surface area contributed by atoms with Crippen LogP contribution in [0, 0.1) is 0 Å². The van der Waals surface area contributed by atoms with Gasteiger partial charge >= 0.3 is 5.97 Å². The van der Waals surface area contributed by atoms with Gasteiger partial charge in [-0.05, 0) is 26.3 Å². The molecule has 0 aliphatic rings. The number of hydrogen-bond donors (Lipinski definition) is 1. The molecule has 1 aromatic rings. The Hall–Kier alpha value is -1.62. The summed E-state index contributed by atoms with van der Waals surface area (Å²) in [5.41, 5.74) is 0.575. The summed E-state index contributed by atoms with van der Waals surface area (Å²) >= 11 is 0. The Labute approximate surface area is 100 Å². The van der Waals surface area contributed by atoms with E-state index >= 15 is 0 Å². The van der Waals surface area contributed by atoms with Crippen molar-refractivity contribution in [1.29, 1.82) is 0 Å². The number of carboxylic acid groups (broad SMARTS) is 1. The van der Waals surface area contributed by atoms with Gasteiger partial charge in [0.25, 0.3) is 0 Å². The maximum absolute atomic E-state index is 11.2. The van der Waals surface area contributed by atoms with E-state index in [4.69, 9.17) is 9.84 Å². The Morgan fingerprint density at radius 1 is 1.47 bits per heavy atom. The Bertz CT molecular complexity index is 409. The fraction of sp³-hybridized carbons (Fsp3) is 0.500. The number of carbonyl (C=O) groups excluding carboxylic acids is 1. The van der Waals surface area contributed by atoms with Crippen molar-refractivity contribution < 1.29 is 19.4 Å². The standard InChI is InChI=1S/C12H17NO4/c1-3-17-6-4-5-13-8-10(9(2)14)7-11(13)12(15)16/h7-8H,3-6H2,1-2H3,(H,15,16). The fourth-order valence-corrected chi connectivity index (χ4v) is 1.55. The van der Waals surface area contributed by atoms with Crippen LogP contribution in [0.25, 0.3) is 0 Å². The first-order chi connectivity index (χ1) is 8.06. The van der Waals surface area contributed by atoms with Crippen LogP contribution < -0.4 is 0 Å². The van der Waals surface area contributed by atoms with Gasteiger partial charge in [-0.1, -0.05) is 0 Å². The average Bonchev–Trinajstić information content (AvgIpc) is 2.68. The second-order valence-electron chi connectivity index (χ2n) is 3.72. The third-order valence-corrected chi connectivity index (χ3v) is 2.41. The number of nitrogens with zero attached hydrogens (tertiary/aromatic N) is 1. The van der Waals surface area contributed by atoms with Crippen molar-refractivity contribution >= 4 is 11.8 Å². The lowest BCUT2D eigenvalue weighted by molar-refractivity contribution is 0.0683. The summed E-state index contributed by atoms with van der Waals surface area (Å²) in [7, 11) is 0. The molecule has 94 valence electrons. The Morgan fingerprint density at radius 3 is 2.71 bits per heavy atom. The summed E-state index contributed by atoms with van der Waals surface area (Å²) < 4.78 is 6.76. The van der Waals surface area contributed by atoms with Crippen LogP contribution in [0.15, 0.2) is 12.3 Å². The second-order valence-corrected chi connectivity index (χ2v) is 3.72. The van der Waals surface area contributed by atoms with Crippen molar-refractivity contribution in [3.63, 3.8) is 0 Å². The van der Waals surface area contributed by atoms with Gasteiger partial charge < -0.3 is 14.4 Å². The van der Waals surface area contributed by atoms with Gasteiger partial charge in [0, 0.05) is 31.5 Å². The predicted octanol–water partition coefficient (Wildman–Crippen LogP) is 1.82. The molecule has 0 radical (unpaired) electrons. The molecule has 0 saturated heterocycles. The number of Topliss-reactive ketones (excluding diaryl/α,β-unsaturated/α-hetero) is 1. The number of hydrogen-bond acceptors (Lipinski definition) is 3. The lowest BCUT2D eigenvalue weighted by atomic mass is 10.2. The van der Waals surface area contributed by atoms with E-state index in [1.165, 1.54) is 13.0 Å². The molecule has 0 amide bonds. The minimum atomic E-state index is -1.02. The van der Waals surface area contributed by atoms with Gasteiger partial charge in [-0.2, -0.15) is 0 Å². The molecular formula is C12H17NO4. The highest BCUT2D eigenvalue weighted by Crippen LogP contribution is 2.10. The topological polar surface area (TPSA) is 68.5 Å². The van der Waals surface area contributed by atoms with Crippen LogP contribution in [0.5, 0.6) is 0 Å². The molecule has 17 heavy (non-hydrogen) atoms. The molecule has 0 spiro atoms. The minimum absolute atomic E-state index is 0.129. The number of rotatable bonds is 7. The molecule has 0 atom stereocenters. The average molecular weight is 239 g/mol. The third kappa shape index (κ3) is 3.71. The molecule has 5 nitrogen and oxygen atoms in total. The van der Waals surface area contributed by atoms with E-state index in [0.717, 1.165) is 6.42 Å². The molecule has 0 bridgehead atoms. The highest BCUT2D eigenvalue weighted by molar-refractivity contribution is 5.97. The van der Waals surface area contributed by atoms with E-state index in [1.807, 2.05) is 6.92 Å². The van der Waals surface area contributed by atoms with Crippen molar-refractivity contribution in [3.8, 4) is 0 Å². The lowest BCUT2D eigenvalue weighted by Gasteiger charge is -2.05. The summed E-state index contributed by atoms with van der Waals surface area (Å²) in [6.07, 6.45) is 2.30. The second kappa shape index (κ2) is 6.20. The van der Waals surface area contributed by atoms with Gasteiger partial charge in [0.05, 0.1) is 0 Å². The summed E-state index contributed by atoms with van der Waals surface area (Å²) in [4.78, 5) is 22.2. The molecule has 1 rings (SSSR count). The highest BCUT2D eigenvalue weighted by atomic mass is 16.5. The van der Waals surface area contributed by atoms with Crippen LogP contribution in [-0.4, -0.2) is 34.6 Å². The molecule has 0 aliphatic heterocycles. The largest absolute Gasteiger partial charge is 0.477 e. The summed E-state index contributed by atoms with van der Waals surface area (Å²) in [6, 6.07) is 1.41. The predicted molar refractivity (Wildman–Crippen MR) is 62.5 cm³/mol. The molecule has 0 fully saturated rings. The lowest BCUT2D eigenvalue weighted by Crippen LogP contribution is -2.09. The van der Waals surface area contributed by atoms with Crippen LogP contribution in [0.3, 0.4) is 0 Å². The maximum atomic E-state index is 11.2. The van der Waals surface area contributed by atoms with Gasteiger partial charge in [0.15, 0.2) is 5.78 Å². The molecule has 0 aliphatic carbocycles. The van der Waals surface area contributed by atoms with Gasteiger partial charge in [-0.15, -0.1) is 0 Å². The monoisotopic (exact) mass is 239 g/mol. The zero-order valence-electron chi connectivity index (χ0n) is 10.1. The quantitative estimate of drug-likeness (QED) is 0.582. The van der Waals surface area contributed by atoms with Crippen molar-refractivity contribution in [3.05, 3.63) is 23.5 Å². The highest BCUT2D eigenvalue weighted by Gasteiger charge is 2.14. The SMILES string of the molecule is CCOCCCn1cc(C(C)=O)cc1C(=O)O. The molecule has 5 heteroatoms. The number of carbonyl (C=O) groups is 2. The molecule has 1 heterocycles. The number of aryl methyl sites for hydroxylation is 1. The van der Waals surface area contributed by atoms with Gasteiger partial charge in [0.2, 0.25) is 0 Å². The molecule has 0 unspecified atom stereocenters. The molecule has 0 saturated carbocycles. The van der Waals surface area contributed by atoms with E-state index in [9.17, 15) is 9.59 Å². The molecule has 0 aromatic carbocycles. The van der Waals surface area contributed by atoms with Crippen molar-refractivity contribution in [2.75, 3.05) is 13.2 Å². The van der Waals surface area contributed by atoms with Gasteiger partial charge in [0.1, 0.15) is 5.69 Å². The molecule has 1 aromatic heterocycles. The minimum Gasteiger partial charge on any atom is -0.477 e. The Balaban J connectivity index is 2.74. The maximum Gasteiger partial charge on any atom is 0.352 e. The zero-order valence-corrected chi connectivity index (χ0v) is 10.1.